The number of carboxylic acid groups (broad SMARTS) is 1. The van der Waals surface area contributed by atoms with Crippen molar-refractivity contribution in [2.75, 3.05) is 5.32 Å². The third-order valence-corrected chi connectivity index (χ3v) is 3.43. The first-order chi connectivity index (χ1) is 9.06. The molecule has 0 amide bonds. The van der Waals surface area contributed by atoms with E-state index < -0.39 is 5.97 Å². The average molecular weight is 342 g/mol. The van der Waals surface area contributed by atoms with E-state index in [1.165, 1.54) is 12.1 Å². The first-order valence-electron chi connectivity index (χ1n) is 5.44. The molecular formula is C13H10BrClN2O2. The lowest BCUT2D eigenvalue weighted by Gasteiger charge is -2.08. The topological polar surface area (TPSA) is 62.2 Å². The fourth-order valence-electron chi connectivity index (χ4n) is 1.54. The zero-order chi connectivity index (χ0) is 13.8. The van der Waals surface area contributed by atoms with E-state index in [1.54, 1.807) is 0 Å². The van der Waals surface area contributed by atoms with E-state index in [9.17, 15) is 4.79 Å². The number of hydrogen-bond acceptors (Lipinski definition) is 3. The predicted molar refractivity (Wildman–Crippen MR) is 77.7 cm³/mol. The fraction of sp³-hybridized carbons (Fsp3) is 0.0769. The van der Waals surface area contributed by atoms with Crippen molar-refractivity contribution in [2.45, 2.75) is 6.54 Å². The Morgan fingerprint density at radius 1 is 1.37 bits per heavy atom. The molecule has 0 saturated carbocycles. The number of rotatable bonds is 4. The molecule has 2 aromatic rings. The van der Waals surface area contributed by atoms with Gasteiger partial charge in [-0.15, -0.1) is 0 Å². The molecule has 2 rings (SSSR count). The monoisotopic (exact) mass is 340 g/mol. The SMILES string of the molecule is O=C(O)c1cc(Cl)nc(NCc2ccccc2Br)c1. The largest absolute Gasteiger partial charge is 0.478 e. The number of pyridine rings is 1. The van der Waals surface area contributed by atoms with Crippen molar-refractivity contribution >= 4 is 39.3 Å². The Hall–Kier alpha value is -1.59. The molecule has 6 heteroatoms. The van der Waals surface area contributed by atoms with E-state index in [-0.39, 0.29) is 10.7 Å². The van der Waals surface area contributed by atoms with E-state index in [0.717, 1.165) is 10.0 Å². The van der Waals surface area contributed by atoms with Gasteiger partial charge in [0, 0.05) is 11.0 Å². The molecule has 98 valence electrons. The van der Waals surface area contributed by atoms with Crippen molar-refractivity contribution in [3.05, 3.63) is 57.2 Å². The summed E-state index contributed by atoms with van der Waals surface area (Å²) in [7, 11) is 0. The summed E-state index contributed by atoms with van der Waals surface area (Å²) in [4.78, 5) is 14.9. The number of carbonyl (C=O) groups is 1. The first-order valence-corrected chi connectivity index (χ1v) is 6.61. The van der Waals surface area contributed by atoms with E-state index in [0.29, 0.717) is 12.4 Å². The Kier molecular flexibility index (Phi) is 4.39. The summed E-state index contributed by atoms with van der Waals surface area (Å²) in [5.41, 5.74) is 1.15. The highest BCUT2D eigenvalue weighted by Crippen LogP contribution is 2.19. The van der Waals surface area contributed by atoms with Gasteiger partial charge in [0.05, 0.1) is 5.56 Å². The van der Waals surface area contributed by atoms with Gasteiger partial charge in [0.1, 0.15) is 11.0 Å². The minimum absolute atomic E-state index is 0.106. The highest BCUT2D eigenvalue weighted by atomic mass is 79.9. The Bertz CT molecular complexity index is 619. The van der Waals surface area contributed by atoms with Gasteiger partial charge in [-0.1, -0.05) is 45.7 Å². The van der Waals surface area contributed by atoms with Crippen LogP contribution < -0.4 is 5.32 Å². The molecule has 1 heterocycles. The first kappa shape index (κ1) is 13.8. The molecule has 1 aromatic carbocycles. The van der Waals surface area contributed by atoms with Crippen LogP contribution in [0.5, 0.6) is 0 Å². The second-order valence-electron chi connectivity index (χ2n) is 3.81. The summed E-state index contributed by atoms with van der Waals surface area (Å²) in [6, 6.07) is 10.5. The quantitative estimate of drug-likeness (QED) is 0.830. The normalized spacial score (nSPS) is 10.2. The molecular weight excluding hydrogens is 332 g/mol. The Balaban J connectivity index is 2.16. The van der Waals surface area contributed by atoms with E-state index in [1.807, 2.05) is 24.3 Å². The maximum Gasteiger partial charge on any atom is 0.335 e. The molecule has 0 fully saturated rings. The molecule has 0 aliphatic rings. The van der Waals surface area contributed by atoms with Crippen LogP contribution in [0.4, 0.5) is 5.82 Å². The van der Waals surface area contributed by atoms with Crippen molar-refractivity contribution in [3.63, 3.8) is 0 Å². The number of nitrogens with one attached hydrogen (secondary N) is 1. The third kappa shape index (κ3) is 3.68. The van der Waals surface area contributed by atoms with Crippen molar-refractivity contribution in [1.82, 2.24) is 4.98 Å². The van der Waals surface area contributed by atoms with E-state index in [2.05, 4.69) is 26.2 Å². The highest BCUT2D eigenvalue weighted by molar-refractivity contribution is 9.10. The fourth-order valence-corrected chi connectivity index (χ4v) is 2.17. The number of nitrogens with zero attached hydrogens (tertiary/aromatic N) is 1. The molecule has 0 aliphatic carbocycles. The van der Waals surface area contributed by atoms with Gasteiger partial charge in [-0.2, -0.15) is 0 Å². The lowest BCUT2D eigenvalue weighted by atomic mass is 10.2. The molecule has 0 saturated heterocycles. The zero-order valence-corrected chi connectivity index (χ0v) is 12.1. The molecule has 0 unspecified atom stereocenters. The van der Waals surface area contributed by atoms with Crippen LogP contribution in [0.2, 0.25) is 5.15 Å². The summed E-state index contributed by atoms with van der Waals surface area (Å²) in [6.07, 6.45) is 0. The van der Waals surface area contributed by atoms with Crippen molar-refractivity contribution in [3.8, 4) is 0 Å². The minimum atomic E-state index is -1.03. The molecule has 1 aromatic heterocycles. The Morgan fingerprint density at radius 3 is 2.79 bits per heavy atom. The van der Waals surface area contributed by atoms with Crippen LogP contribution in [0.3, 0.4) is 0 Å². The summed E-state index contributed by atoms with van der Waals surface area (Å²) in [5.74, 6) is -0.603. The van der Waals surface area contributed by atoms with Crippen LogP contribution in [-0.4, -0.2) is 16.1 Å². The number of anilines is 1. The molecule has 0 atom stereocenters. The van der Waals surface area contributed by atoms with E-state index in [4.69, 9.17) is 16.7 Å². The van der Waals surface area contributed by atoms with Crippen LogP contribution in [0.25, 0.3) is 0 Å². The van der Waals surface area contributed by atoms with Gasteiger partial charge >= 0.3 is 5.97 Å². The maximum absolute atomic E-state index is 10.9. The number of halogens is 2. The van der Waals surface area contributed by atoms with Crippen molar-refractivity contribution < 1.29 is 9.90 Å². The summed E-state index contributed by atoms with van der Waals surface area (Å²) in [5, 5.41) is 12.1. The summed E-state index contributed by atoms with van der Waals surface area (Å²) < 4.78 is 0.975. The average Bonchev–Trinajstić information content (AvgIpc) is 2.37. The maximum atomic E-state index is 10.9. The molecule has 2 N–H and O–H groups in total. The second kappa shape index (κ2) is 6.04. The molecule has 4 nitrogen and oxygen atoms in total. The van der Waals surface area contributed by atoms with Crippen LogP contribution in [0, 0.1) is 0 Å². The van der Waals surface area contributed by atoms with Crippen LogP contribution >= 0.6 is 27.5 Å². The van der Waals surface area contributed by atoms with Gasteiger partial charge in [-0.3, -0.25) is 0 Å². The number of hydrogen-bond donors (Lipinski definition) is 2. The molecule has 0 spiro atoms. The van der Waals surface area contributed by atoms with E-state index >= 15 is 0 Å². The Morgan fingerprint density at radius 2 is 2.11 bits per heavy atom. The minimum Gasteiger partial charge on any atom is -0.478 e. The number of aromatic nitrogens is 1. The van der Waals surface area contributed by atoms with Gasteiger partial charge in [-0.25, -0.2) is 9.78 Å². The summed E-state index contributed by atoms with van der Waals surface area (Å²) in [6.45, 7) is 0.522. The van der Waals surface area contributed by atoms with Gasteiger partial charge in [0.2, 0.25) is 0 Å². The highest BCUT2D eigenvalue weighted by Gasteiger charge is 2.07. The predicted octanol–water partition coefficient (Wildman–Crippen LogP) is 3.81. The van der Waals surface area contributed by atoms with Crippen molar-refractivity contribution in [1.29, 1.82) is 0 Å². The summed E-state index contributed by atoms with van der Waals surface area (Å²) >= 11 is 9.22. The van der Waals surface area contributed by atoms with Gasteiger partial charge < -0.3 is 10.4 Å². The molecule has 0 radical (unpaired) electrons. The van der Waals surface area contributed by atoms with Crippen molar-refractivity contribution in [2.24, 2.45) is 0 Å². The number of aromatic carboxylic acids is 1. The van der Waals surface area contributed by atoms with Gasteiger partial charge in [0.15, 0.2) is 0 Å². The molecule has 19 heavy (non-hydrogen) atoms. The lowest BCUT2D eigenvalue weighted by molar-refractivity contribution is 0.0697. The van der Waals surface area contributed by atoms with Crippen LogP contribution in [-0.2, 0) is 6.54 Å². The van der Waals surface area contributed by atoms with Gasteiger partial charge in [0.25, 0.3) is 0 Å². The van der Waals surface area contributed by atoms with Crippen LogP contribution in [0.1, 0.15) is 15.9 Å². The standard InChI is InChI=1S/C13H10BrClN2O2/c14-10-4-2-1-3-8(10)7-16-12-6-9(13(18)19)5-11(15)17-12/h1-6H,7H2,(H,16,17)(H,18,19). The number of benzene rings is 1. The number of carboxylic acids is 1. The third-order valence-electron chi connectivity index (χ3n) is 2.46. The van der Waals surface area contributed by atoms with Crippen LogP contribution in [0.15, 0.2) is 40.9 Å². The smallest absolute Gasteiger partial charge is 0.335 e. The molecule has 0 bridgehead atoms. The Labute approximate surface area is 123 Å². The second-order valence-corrected chi connectivity index (χ2v) is 5.06. The molecule has 0 aliphatic heterocycles. The lowest BCUT2D eigenvalue weighted by Crippen LogP contribution is -2.05. The zero-order valence-electron chi connectivity index (χ0n) is 9.73. The van der Waals surface area contributed by atoms with Gasteiger partial charge in [-0.05, 0) is 23.8 Å².